The number of ether oxygens (including phenoxy) is 1. The summed E-state index contributed by atoms with van der Waals surface area (Å²) in [6.45, 7) is 1.45. The van der Waals surface area contributed by atoms with E-state index in [4.69, 9.17) is 28.6 Å². The van der Waals surface area contributed by atoms with Crippen molar-refractivity contribution in [3.05, 3.63) is 45.9 Å². The van der Waals surface area contributed by atoms with E-state index in [0.29, 0.717) is 5.02 Å². The van der Waals surface area contributed by atoms with Crippen LogP contribution in [0, 0.1) is 4.77 Å². The van der Waals surface area contributed by atoms with Gasteiger partial charge in [0.2, 0.25) is 0 Å². The highest BCUT2D eigenvalue weighted by atomic mass is 35.5. The molecule has 108 valence electrons. The van der Waals surface area contributed by atoms with Gasteiger partial charge in [0.05, 0.1) is 13.8 Å². The van der Waals surface area contributed by atoms with Gasteiger partial charge in [0.15, 0.2) is 4.77 Å². The van der Waals surface area contributed by atoms with Crippen LogP contribution >= 0.6 is 23.8 Å². The molecular weight excluding hydrogens is 294 g/mol. The van der Waals surface area contributed by atoms with Crippen LogP contribution in [0.1, 0.15) is 5.56 Å². The van der Waals surface area contributed by atoms with Crippen molar-refractivity contribution in [2.45, 2.75) is 13.2 Å². The Morgan fingerprint density at radius 3 is 2.70 bits per heavy atom. The minimum Gasteiger partial charge on any atom is -0.496 e. The summed E-state index contributed by atoms with van der Waals surface area (Å²) in [5.74, 6) is 0.845. The molecule has 0 saturated carbocycles. The van der Waals surface area contributed by atoms with E-state index in [2.05, 4.69) is 4.90 Å². The van der Waals surface area contributed by atoms with Gasteiger partial charge in [0.1, 0.15) is 5.75 Å². The molecule has 0 radical (unpaired) electrons. The maximum atomic E-state index is 6.05. The zero-order valence-corrected chi connectivity index (χ0v) is 13.4. The number of hydrogen-bond acceptors (Lipinski definition) is 3. The average Bonchev–Trinajstić information content (AvgIpc) is 2.71. The number of halogens is 1. The molecule has 0 bridgehead atoms. The van der Waals surface area contributed by atoms with Crippen molar-refractivity contribution in [3.63, 3.8) is 0 Å². The quantitative estimate of drug-likeness (QED) is 0.791. The van der Waals surface area contributed by atoms with Crippen LogP contribution in [0.15, 0.2) is 30.6 Å². The van der Waals surface area contributed by atoms with Gasteiger partial charge in [-0.05, 0) is 37.5 Å². The first-order valence-electron chi connectivity index (χ1n) is 6.24. The lowest BCUT2D eigenvalue weighted by Gasteiger charge is -2.19. The number of nitrogens with zero attached hydrogens (tertiary/aromatic N) is 3. The number of aromatic nitrogens is 2. The summed E-state index contributed by atoms with van der Waals surface area (Å²) >= 11 is 11.4. The third kappa shape index (κ3) is 3.42. The second-order valence-electron chi connectivity index (χ2n) is 4.77. The summed E-state index contributed by atoms with van der Waals surface area (Å²) in [5, 5.41) is 0.713. The zero-order valence-electron chi connectivity index (χ0n) is 11.8. The number of benzene rings is 1. The monoisotopic (exact) mass is 311 g/mol. The molecule has 1 heterocycles. The lowest BCUT2D eigenvalue weighted by molar-refractivity contribution is 0.254. The fourth-order valence-corrected chi connectivity index (χ4v) is 2.46. The number of rotatable bonds is 5. The highest BCUT2D eigenvalue weighted by Gasteiger charge is 2.08. The van der Waals surface area contributed by atoms with Crippen LogP contribution in [0.3, 0.4) is 0 Å². The maximum Gasteiger partial charge on any atom is 0.180 e. The van der Waals surface area contributed by atoms with Crippen LogP contribution in [-0.4, -0.2) is 28.2 Å². The molecule has 0 N–H and O–H groups in total. The molecule has 2 aromatic rings. The standard InChI is InChI=1S/C14H18ClN3OS/c1-16(10-18-7-6-17(2)14(18)20)9-11-8-12(15)4-5-13(11)19-3/h4-8H,9-10H2,1-3H3. The fraction of sp³-hybridized carbons (Fsp3) is 0.357. The second-order valence-corrected chi connectivity index (χ2v) is 5.57. The van der Waals surface area contributed by atoms with Crippen LogP contribution in [0.2, 0.25) is 5.02 Å². The number of hydrogen-bond donors (Lipinski definition) is 0. The minimum atomic E-state index is 0.713. The summed E-state index contributed by atoms with van der Waals surface area (Å²) in [6, 6.07) is 5.65. The summed E-state index contributed by atoms with van der Waals surface area (Å²) in [5.41, 5.74) is 1.06. The van der Waals surface area contributed by atoms with Gasteiger partial charge in [-0.2, -0.15) is 0 Å². The molecule has 0 fully saturated rings. The van der Waals surface area contributed by atoms with Gasteiger partial charge in [-0.15, -0.1) is 0 Å². The summed E-state index contributed by atoms with van der Waals surface area (Å²) in [6.07, 6.45) is 3.93. The van der Waals surface area contributed by atoms with Crippen molar-refractivity contribution in [2.24, 2.45) is 7.05 Å². The van der Waals surface area contributed by atoms with Gasteiger partial charge in [-0.1, -0.05) is 11.6 Å². The van der Waals surface area contributed by atoms with Crippen LogP contribution in [-0.2, 0) is 20.3 Å². The molecule has 1 aromatic carbocycles. The molecule has 0 atom stereocenters. The van der Waals surface area contributed by atoms with Crippen molar-refractivity contribution in [1.82, 2.24) is 14.0 Å². The summed E-state index contributed by atoms with van der Waals surface area (Å²) in [4.78, 5) is 2.16. The Labute approximate surface area is 129 Å². The van der Waals surface area contributed by atoms with Gasteiger partial charge in [0.25, 0.3) is 0 Å². The SMILES string of the molecule is COc1ccc(Cl)cc1CN(C)Cn1ccn(C)c1=S. The Hall–Kier alpha value is -1.30. The third-order valence-electron chi connectivity index (χ3n) is 3.09. The zero-order chi connectivity index (χ0) is 14.7. The van der Waals surface area contributed by atoms with Crippen LogP contribution in [0.4, 0.5) is 0 Å². The number of aryl methyl sites for hydroxylation is 1. The molecule has 0 aliphatic carbocycles. The Balaban J connectivity index is 2.12. The second kappa shape index (κ2) is 6.43. The molecule has 6 heteroatoms. The Bertz CT molecular complexity index is 650. The Morgan fingerprint density at radius 2 is 2.10 bits per heavy atom. The molecule has 20 heavy (non-hydrogen) atoms. The molecule has 0 aliphatic heterocycles. The first kappa shape index (κ1) is 15.1. The molecule has 1 aromatic heterocycles. The summed E-state index contributed by atoms with van der Waals surface area (Å²) in [7, 11) is 5.65. The van der Waals surface area contributed by atoms with Crippen molar-refractivity contribution in [2.75, 3.05) is 14.2 Å². The highest BCUT2D eigenvalue weighted by molar-refractivity contribution is 7.71. The maximum absolute atomic E-state index is 6.05. The van der Waals surface area contributed by atoms with E-state index < -0.39 is 0 Å². The normalized spacial score (nSPS) is 11.1. The average molecular weight is 312 g/mol. The van der Waals surface area contributed by atoms with E-state index in [-0.39, 0.29) is 0 Å². The Morgan fingerprint density at radius 1 is 1.35 bits per heavy atom. The lowest BCUT2D eigenvalue weighted by Crippen LogP contribution is -2.21. The third-order valence-corrected chi connectivity index (χ3v) is 3.85. The van der Waals surface area contributed by atoms with E-state index in [1.54, 1.807) is 7.11 Å². The van der Waals surface area contributed by atoms with Gasteiger partial charge in [-0.25, -0.2) is 0 Å². The predicted molar refractivity (Wildman–Crippen MR) is 83.7 cm³/mol. The van der Waals surface area contributed by atoms with Crippen molar-refractivity contribution in [3.8, 4) is 5.75 Å². The van der Waals surface area contributed by atoms with Gasteiger partial charge in [-0.3, -0.25) is 4.90 Å². The molecule has 0 saturated heterocycles. The van der Waals surface area contributed by atoms with Crippen LogP contribution < -0.4 is 4.74 Å². The molecule has 0 aliphatic rings. The molecule has 2 rings (SSSR count). The van der Waals surface area contributed by atoms with Crippen LogP contribution in [0.5, 0.6) is 5.75 Å². The minimum absolute atomic E-state index is 0.713. The van der Waals surface area contributed by atoms with Crippen molar-refractivity contribution >= 4 is 23.8 Å². The van der Waals surface area contributed by atoms with Gasteiger partial charge in [0, 0.05) is 36.6 Å². The largest absolute Gasteiger partial charge is 0.496 e. The number of methoxy groups -OCH3 is 1. The van der Waals surface area contributed by atoms with E-state index in [0.717, 1.165) is 29.3 Å². The van der Waals surface area contributed by atoms with E-state index in [1.165, 1.54) is 0 Å². The molecule has 0 spiro atoms. The van der Waals surface area contributed by atoms with Crippen molar-refractivity contribution in [1.29, 1.82) is 0 Å². The summed E-state index contributed by atoms with van der Waals surface area (Å²) < 4.78 is 10.1. The first-order valence-corrected chi connectivity index (χ1v) is 7.02. The molecule has 0 unspecified atom stereocenters. The van der Waals surface area contributed by atoms with E-state index in [1.807, 2.05) is 53.8 Å². The smallest absolute Gasteiger partial charge is 0.180 e. The highest BCUT2D eigenvalue weighted by Crippen LogP contribution is 2.23. The van der Waals surface area contributed by atoms with Gasteiger partial charge >= 0.3 is 0 Å². The van der Waals surface area contributed by atoms with Gasteiger partial charge < -0.3 is 13.9 Å². The predicted octanol–water partition coefficient (Wildman–Crippen LogP) is 3.31. The molecule has 0 amide bonds. The van der Waals surface area contributed by atoms with Crippen LogP contribution in [0.25, 0.3) is 0 Å². The first-order chi connectivity index (χ1) is 9.51. The Kier molecular flexibility index (Phi) is 4.86. The number of imidazole rings is 1. The lowest BCUT2D eigenvalue weighted by atomic mass is 10.2. The topological polar surface area (TPSA) is 22.3 Å². The van der Waals surface area contributed by atoms with E-state index >= 15 is 0 Å². The fourth-order valence-electron chi connectivity index (χ4n) is 2.09. The molecular formula is C14H18ClN3OS. The van der Waals surface area contributed by atoms with Crippen molar-refractivity contribution < 1.29 is 4.74 Å². The van der Waals surface area contributed by atoms with E-state index in [9.17, 15) is 0 Å². The molecule has 4 nitrogen and oxygen atoms in total.